The number of hydrogen-bond acceptors (Lipinski definition) is 5. The standard InChI is InChI=1S/C23H35BN6O3/c1-6-20-16-30(22(32)33-20)19-9-8-18(14-24(15-19)26-27-25)28-10-12-29(13-11-28)21(31)17(3)23(4,5)7-2/h8-9,14-15,17,20H,6-7,10-13,16H2,1-5H3. The molecule has 0 N–H and O–H groups in total. The second-order valence-electron chi connectivity index (χ2n) is 9.61. The van der Waals surface area contributed by atoms with Crippen LogP contribution in [0.15, 0.2) is 40.5 Å². The van der Waals surface area contributed by atoms with Gasteiger partial charge in [0.2, 0.25) is 5.91 Å². The molecular formula is C23H35BN6O3. The second kappa shape index (κ2) is 10.4. The average Bonchev–Trinajstić information content (AvgIpc) is 3.07. The lowest BCUT2D eigenvalue weighted by Crippen LogP contribution is -2.51. The van der Waals surface area contributed by atoms with E-state index in [1.807, 2.05) is 36.9 Å². The number of nitrogens with zero attached hydrogens (tertiary/aromatic N) is 6. The Balaban J connectivity index is 1.70. The molecule has 3 aliphatic heterocycles. The zero-order chi connectivity index (χ0) is 24.2. The van der Waals surface area contributed by atoms with E-state index in [9.17, 15) is 9.59 Å². The Labute approximate surface area is 196 Å². The fourth-order valence-electron chi connectivity index (χ4n) is 4.24. The summed E-state index contributed by atoms with van der Waals surface area (Å²) in [6.07, 6.45) is 5.02. The third-order valence-electron chi connectivity index (χ3n) is 7.34. The Morgan fingerprint density at radius 2 is 1.88 bits per heavy atom. The van der Waals surface area contributed by atoms with Crippen LogP contribution < -0.4 is 0 Å². The van der Waals surface area contributed by atoms with Crippen molar-refractivity contribution in [3.8, 4) is 0 Å². The fraction of sp³-hybridized carbons (Fsp3) is 0.652. The van der Waals surface area contributed by atoms with Gasteiger partial charge in [-0.1, -0.05) is 53.0 Å². The number of carbonyl (C=O) groups excluding carboxylic acids is 2. The molecule has 0 saturated carbocycles. The zero-order valence-electron chi connectivity index (χ0n) is 20.4. The van der Waals surface area contributed by atoms with Gasteiger partial charge in [-0.25, -0.2) is 4.79 Å². The minimum Gasteiger partial charge on any atom is -0.444 e. The Hall–Kier alpha value is -2.87. The van der Waals surface area contributed by atoms with E-state index in [1.165, 1.54) is 0 Å². The Morgan fingerprint density at radius 3 is 2.45 bits per heavy atom. The molecule has 0 bridgehead atoms. The lowest BCUT2D eigenvalue weighted by atomic mass is 9.63. The molecule has 3 aliphatic rings. The number of ether oxygens (including phenoxy) is 1. The Morgan fingerprint density at radius 1 is 1.24 bits per heavy atom. The minimum absolute atomic E-state index is 0.0284. The Kier molecular flexibility index (Phi) is 7.79. The molecule has 33 heavy (non-hydrogen) atoms. The first-order valence-electron chi connectivity index (χ1n) is 11.9. The average molecular weight is 454 g/mol. The summed E-state index contributed by atoms with van der Waals surface area (Å²) >= 11 is 0. The number of cyclic esters (lactones) is 1. The Bertz CT molecular complexity index is 900. The van der Waals surface area contributed by atoms with Crippen molar-refractivity contribution in [2.45, 2.75) is 53.6 Å². The summed E-state index contributed by atoms with van der Waals surface area (Å²) in [5, 5.41) is 3.90. The van der Waals surface area contributed by atoms with E-state index in [1.54, 1.807) is 10.9 Å². The first-order chi connectivity index (χ1) is 15.7. The van der Waals surface area contributed by atoms with E-state index in [0.717, 1.165) is 18.5 Å². The first kappa shape index (κ1) is 24.8. The predicted octanol–water partition coefficient (Wildman–Crippen LogP) is 4.15. The summed E-state index contributed by atoms with van der Waals surface area (Å²) < 4.78 is 5.38. The van der Waals surface area contributed by atoms with Crippen molar-refractivity contribution in [2.24, 2.45) is 16.4 Å². The van der Waals surface area contributed by atoms with Crippen LogP contribution in [0.25, 0.3) is 10.4 Å². The summed E-state index contributed by atoms with van der Waals surface area (Å²) in [4.78, 5) is 34.1. The molecule has 178 valence electrons. The number of allylic oxidation sites excluding steroid dienone is 2. The third-order valence-corrected chi connectivity index (χ3v) is 7.34. The molecule has 10 heteroatoms. The topological polar surface area (TPSA) is 102 Å². The molecule has 0 aromatic heterocycles. The number of carbonyl (C=O) groups is 2. The van der Waals surface area contributed by atoms with Gasteiger partial charge in [0.1, 0.15) is 6.10 Å². The van der Waals surface area contributed by atoms with Crippen LogP contribution in [0.4, 0.5) is 4.79 Å². The van der Waals surface area contributed by atoms with Crippen LogP contribution in [-0.4, -0.2) is 72.4 Å². The molecular weight excluding hydrogens is 419 g/mol. The van der Waals surface area contributed by atoms with E-state index in [0.29, 0.717) is 38.4 Å². The van der Waals surface area contributed by atoms with Crippen LogP contribution in [0, 0.1) is 11.3 Å². The molecule has 2 atom stereocenters. The monoisotopic (exact) mass is 454 g/mol. The third kappa shape index (κ3) is 5.56. The largest absolute Gasteiger partial charge is 0.444 e. The van der Waals surface area contributed by atoms with Crippen molar-refractivity contribution in [1.82, 2.24) is 14.7 Å². The van der Waals surface area contributed by atoms with E-state index >= 15 is 0 Å². The highest BCUT2D eigenvalue weighted by Crippen LogP contribution is 2.32. The maximum atomic E-state index is 13.0. The number of rotatable bonds is 7. The van der Waals surface area contributed by atoms with Gasteiger partial charge in [-0.2, -0.15) is 0 Å². The fourth-order valence-corrected chi connectivity index (χ4v) is 4.24. The summed E-state index contributed by atoms with van der Waals surface area (Å²) in [5.41, 5.74) is 10.6. The van der Waals surface area contributed by atoms with Crippen molar-refractivity contribution in [1.29, 1.82) is 0 Å². The molecule has 0 spiro atoms. The number of piperazine rings is 1. The smallest absolute Gasteiger partial charge is 0.414 e. The van der Waals surface area contributed by atoms with Gasteiger partial charge in [0, 0.05) is 43.5 Å². The van der Waals surface area contributed by atoms with Gasteiger partial charge in [0.25, 0.3) is 6.85 Å². The lowest BCUT2D eigenvalue weighted by molar-refractivity contribution is -0.140. The molecule has 2 unspecified atom stereocenters. The van der Waals surface area contributed by atoms with Crippen molar-refractivity contribution in [3.05, 3.63) is 45.9 Å². The van der Waals surface area contributed by atoms with E-state index < -0.39 is 6.85 Å². The van der Waals surface area contributed by atoms with Crippen LogP contribution in [-0.2, 0) is 9.53 Å². The SMILES string of the molecule is CCC1CN(C2=CB(N=[N+]=[N-])C=C(N3CCN(C(=O)C(C)C(C)(C)CC)CC3)C=C2)C(=O)O1. The van der Waals surface area contributed by atoms with Crippen LogP contribution in [0.5, 0.6) is 0 Å². The molecule has 3 rings (SSSR count). The molecule has 3 heterocycles. The van der Waals surface area contributed by atoms with Crippen molar-refractivity contribution < 1.29 is 14.3 Å². The van der Waals surface area contributed by atoms with Crippen molar-refractivity contribution in [2.75, 3.05) is 32.7 Å². The lowest BCUT2D eigenvalue weighted by Gasteiger charge is -2.40. The zero-order valence-corrected chi connectivity index (χ0v) is 20.4. The molecule has 0 aromatic rings. The molecule has 2 fully saturated rings. The molecule has 0 aromatic carbocycles. The number of azide groups is 1. The van der Waals surface area contributed by atoms with Crippen LogP contribution >= 0.6 is 0 Å². The normalized spacial score (nSPS) is 22.3. The van der Waals surface area contributed by atoms with E-state index in [2.05, 4.69) is 35.6 Å². The minimum atomic E-state index is -0.520. The highest BCUT2D eigenvalue weighted by Gasteiger charge is 2.35. The number of hydrogen-bond donors (Lipinski definition) is 0. The molecule has 0 aliphatic carbocycles. The van der Waals surface area contributed by atoms with Gasteiger partial charge in [-0.05, 0) is 34.4 Å². The van der Waals surface area contributed by atoms with Gasteiger partial charge in [0.05, 0.1) is 6.54 Å². The summed E-state index contributed by atoms with van der Waals surface area (Å²) in [6, 6.07) is 0. The van der Waals surface area contributed by atoms with Crippen LogP contribution in [0.2, 0.25) is 0 Å². The van der Waals surface area contributed by atoms with E-state index in [4.69, 9.17) is 10.3 Å². The highest BCUT2D eigenvalue weighted by atomic mass is 16.6. The molecule has 2 saturated heterocycles. The van der Waals surface area contributed by atoms with Crippen LogP contribution in [0.3, 0.4) is 0 Å². The van der Waals surface area contributed by atoms with Gasteiger partial charge in [-0.15, -0.1) is 5.03 Å². The van der Waals surface area contributed by atoms with Crippen LogP contribution in [0.1, 0.15) is 47.5 Å². The molecule has 9 nitrogen and oxygen atoms in total. The molecule has 0 radical (unpaired) electrons. The summed E-state index contributed by atoms with van der Waals surface area (Å²) in [6.45, 7) is 13.1. The second-order valence-corrected chi connectivity index (χ2v) is 9.61. The maximum Gasteiger partial charge on any atom is 0.414 e. The maximum absolute atomic E-state index is 13.0. The summed E-state index contributed by atoms with van der Waals surface area (Å²) in [7, 11) is 0. The highest BCUT2D eigenvalue weighted by molar-refractivity contribution is 6.68. The quantitative estimate of drug-likeness (QED) is 0.250. The summed E-state index contributed by atoms with van der Waals surface area (Å²) in [5.74, 6) is 3.87. The van der Waals surface area contributed by atoms with Crippen molar-refractivity contribution in [3.63, 3.8) is 0 Å². The predicted molar refractivity (Wildman–Crippen MR) is 129 cm³/mol. The first-order valence-corrected chi connectivity index (χ1v) is 11.9. The van der Waals surface area contributed by atoms with Gasteiger partial charge < -0.3 is 14.5 Å². The molecule has 2 amide bonds. The van der Waals surface area contributed by atoms with E-state index in [-0.39, 0.29) is 29.4 Å². The van der Waals surface area contributed by atoms with Crippen molar-refractivity contribution >= 4 is 18.8 Å². The number of amides is 2. The van der Waals surface area contributed by atoms with Gasteiger partial charge in [-0.3, -0.25) is 9.69 Å². The van der Waals surface area contributed by atoms with Gasteiger partial charge in [0.15, 0.2) is 0 Å². The van der Waals surface area contributed by atoms with Gasteiger partial charge >= 0.3 is 6.09 Å².